The molecular formula is C34H58IN3O12. The van der Waals surface area contributed by atoms with Crippen molar-refractivity contribution in [3.05, 3.63) is 0 Å². The lowest BCUT2D eigenvalue weighted by Gasteiger charge is -2.14. The van der Waals surface area contributed by atoms with Gasteiger partial charge in [0.15, 0.2) is 3.79 Å². The molecule has 0 saturated heterocycles. The number of carboxylic acid groups (broad SMARTS) is 3. The molecule has 0 aliphatic rings. The maximum atomic E-state index is 12.3. The Balaban J connectivity index is 3.80. The van der Waals surface area contributed by atoms with Crippen molar-refractivity contribution in [1.29, 1.82) is 0 Å². The summed E-state index contributed by atoms with van der Waals surface area (Å²) in [6, 6.07) is -2.34. The van der Waals surface area contributed by atoms with Crippen LogP contribution in [0.3, 0.4) is 0 Å². The first-order valence-electron chi connectivity index (χ1n) is 17.8. The molecule has 3 amide bonds. The Morgan fingerprint density at radius 3 is 1.42 bits per heavy atom. The van der Waals surface area contributed by atoms with E-state index in [4.69, 9.17) is 19.7 Å². The lowest BCUT2D eigenvalue weighted by atomic mass is 10.0. The standard InChI is InChI=1S/C34H58IN3O12/c35-28(39)19-17-26(33(45)46)38-31(42)25-50-24-23-49-22-21-36-29(40)20-18-27(34(47)48)37-30(41)15-13-11-9-7-5-3-1-2-4-6-8-10-12-14-16-32(43)44/h26-27H,1-25H2,(H,36,40)(H,37,41)(H,38,42)(H,43,44)(H,45,46)(H,47,48)/t26-,27-/m0/s1. The molecular weight excluding hydrogens is 769 g/mol. The van der Waals surface area contributed by atoms with Crippen LogP contribution in [0.1, 0.15) is 128 Å². The van der Waals surface area contributed by atoms with Gasteiger partial charge < -0.3 is 40.7 Å². The molecule has 0 heterocycles. The predicted octanol–water partition coefficient (Wildman–Crippen LogP) is 4.12. The summed E-state index contributed by atoms with van der Waals surface area (Å²) in [4.78, 5) is 80.5. The third-order valence-corrected chi connectivity index (χ3v) is 8.31. The Kier molecular flexibility index (Phi) is 30.2. The average Bonchev–Trinajstić information content (AvgIpc) is 3.05. The van der Waals surface area contributed by atoms with Crippen LogP contribution in [-0.2, 0) is 43.0 Å². The maximum Gasteiger partial charge on any atom is 0.326 e. The SMILES string of the molecule is O=C(O)CCCCCCCCCCCCCCCCC(=O)N[C@@H](CCC(=O)NCCOCCOCC(=O)N[C@@H](CCC(=O)I)C(=O)O)C(=O)O. The van der Waals surface area contributed by atoms with E-state index < -0.39 is 35.9 Å². The third kappa shape index (κ3) is 31.1. The van der Waals surface area contributed by atoms with Gasteiger partial charge in [0.05, 0.1) is 19.8 Å². The molecule has 2 atom stereocenters. The number of amides is 3. The Labute approximate surface area is 308 Å². The highest BCUT2D eigenvalue weighted by atomic mass is 127. The summed E-state index contributed by atoms with van der Waals surface area (Å²) < 4.78 is 10.2. The van der Waals surface area contributed by atoms with Gasteiger partial charge in [0, 0.05) is 32.2 Å². The van der Waals surface area contributed by atoms with Gasteiger partial charge in [-0.15, -0.1) is 0 Å². The molecule has 0 rings (SSSR count). The second-order valence-electron chi connectivity index (χ2n) is 12.2. The van der Waals surface area contributed by atoms with Crippen LogP contribution in [0.4, 0.5) is 0 Å². The van der Waals surface area contributed by atoms with E-state index in [1.165, 1.54) is 38.5 Å². The lowest BCUT2D eigenvalue weighted by molar-refractivity contribution is -0.143. The molecule has 0 aromatic carbocycles. The van der Waals surface area contributed by atoms with E-state index in [2.05, 4.69) is 16.0 Å². The number of rotatable bonds is 35. The molecule has 50 heavy (non-hydrogen) atoms. The van der Waals surface area contributed by atoms with Crippen molar-refractivity contribution in [2.45, 2.75) is 141 Å². The van der Waals surface area contributed by atoms with Crippen molar-refractivity contribution in [1.82, 2.24) is 16.0 Å². The maximum absolute atomic E-state index is 12.3. The van der Waals surface area contributed by atoms with E-state index in [9.17, 15) is 38.7 Å². The Bertz CT molecular complexity index is 1010. The van der Waals surface area contributed by atoms with Gasteiger partial charge in [-0.05, 0) is 48.3 Å². The van der Waals surface area contributed by atoms with Crippen LogP contribution in [0.15, 0.2) is 0 Å². The van der Waals surface area contributed by atoms with Crippen LogP contribution in [0.2, 0.25) is 0 Å². The number of carbonyl (C=O) groups excluding carboxylic acids is 4. The highest BCUT2D eigenvalue weighted by Crippen LogP contribution is 2.14. The molecule has 0 bridgehead atoms. The number of carbonyl (C=O) groups is 7. The number of ether oxygens (including phenoxy) is 2. The van der Waals surface area contributed by atoms with Crippen molar-refractivity contribution in [2.24, 2.45) is 0 Å². The molecule has 6 N–H and O–H groups in total. The predicted molar refractivity (Wildman–Crippen MR) is 193 cm³/mol. The normalized spacial score (nSPS) is 12.1. The zero-order chi connectivity index (χ0) is 37.4. The monoisotopic (exact) mass is 827 g/mol. The quantitative estimate of drug-likeness (QED) is 0.0301. The first kappa shape index (κ1) is 47.1. The number of nitrogens with one attached hydrogen (secondary N) is 3. The van der Waals surface area contributed by atoms with Crippen LogP contribution < -0.4 is 16.0 Å². The first-order valence-corrected chi connectivity index (χ1v) is 18.9. The molecule has 0 aromatic heterocycles. The summed E-state index contributed by atoms with van der Waals surface area (Å²) in [6.07, 6.45) is 15.3. The number of hydrogen-bond donors (Lipinski definition) is 6. The van der Waals surface area contributed by atoms with Crippen molar-refractivity contribution < 1.29 is 58.4 Å². The molecule has 0 fully saturated rings. The number of hydrogen-bond acceptors (Lipinski definition) is 9. The molecule has 0 saturated carbocycles. The zero-order valence-electron chi connectivity index (χ0n) is 29.2. The molecule has 0 aromatic rings. The molecule has 0 spiro atoms. The van der Waals surface area contributed by atoms with E-state index in [-0.39, 0.29) is 87.1 Å². The van der Waals surface area contributed by atoms with Crippen LogP contribution in [0.5, 0.6) is 0 Å². The van der Waals surface area contributed by atoms with Crippen LogP contribution >= 0.6 is 22.6 Å². The average molecular weight is 828 g/mol. The van der Waals surface area contributed by atoms with Crippen molar-refractivity contribution in [3.63, 3.8) is 0 Å². The summed E-state index contributed by atoms with van der Waals surface area (Å²) >= 11 is 1.56. The molecule has 15 nitrogen and oxygen atoms in total. The van der Waals surface area contributed by atoms with Crippen LogP contribution in [0.25, 0.3) is 0 Å². The van der Waals surface area contributed by atoms with E-state index in [0.717, 1.165) is 44.9 Å². The Morgan fingerprint density at radius 2 is 0.940 bits per heavy atom. The first-order chi connectivity index (χ1) is 23.9. The molecule has 0 radical (unpaired) electrons. The number of aliphatic carboxylic acids is 3. The minimum absolute atomic E-state index is 0.0185. The van der Waals surface area contributed by atoms with E-state index in [0.29, 0.717) is 6.42 Å². The second-order valence-corrected chi connectivity index (χ2v) is 13.4. The molecule has 0 aliphatic heterocycles. The number of unbranched alkanes of at least 4 members (excludes halogenated alkanes) is 13. The van der Waals surface area contributed by atoms with Gasteiger partial charge in [-0.25, -0.2) is 9.59 Å². The largest absolute Gasteiger partial charge is 0.481 e. The Hall–Kier alpha value is -2.86. The minimum Gasteiger partial charge on any atom is -0.481 e. The fraction of sp³-hybridized carbons (Fsp3) is 0.794. The highest BCUT2D eigenvalue weighted by molar-refractivity contribution is 14.1. The van der Waals surface area contributed by atoms with E-state index >= 15 is 0 Å². The zero-order valence-corrected chi connectivity index (χ0v) is 31.4. The van der Waals surface area contributed by atoms with Crippen LogP contribution in [0, 0.1) is 0 Å². The summed E-state index contributed by atoms with van der Waals surface area (Å²) in [5.41, 5.74) is 0. The molecule has 288 valence electrons. The Morgan fingerprint density at radius 1 is 0.500 bits per heavy atom. The lowest BCUT2D eigenvalue weighted by Crippen LogP contribution is -2.42. The fourth-order valence-electron chi connectivity index (χ4n) is 4.97. The van der Waals surface area contributed by atoms with Crippen molar-refractivity contribution >= 4 is 62.0 Å². The van der Waals surface area contributed by atoms with Crippen molar-refractivity contribution in [2.75, 3.05) is 33.0 Å². The summed E-state index contributed by atoms with van der Waals surface area (Å²) in [6.45, 7) is 0.0921. The van der Waals surface area contributed by atoms with Crippen LogP contribution in [-0.4, -0.2) is 99.8 Å². The molecule has 0 unspecified atom stereocenters. The second kappa shape index (κ2) is 32.1. The molecule has 0 aliphatic carbocycles. The summed E-state index contributed by atoms with van der Waals surface area (Å²) in [7, 11) is 0. The van der Waals surface area contributed by atoms with E-state index in [1.807, 2.05) is 0 Å². The number of carboxylic acids is 3. The fourth-order valence-corrected chi connectivity index (χ4v) is 5.28. The summed E-state index contributed by atoms with van der Waals surface area (Å²) in [5, 5.41) is 34.6. The van der Waals surface area contributed by atoms with Crippen molar-refractivity contribution in [3.8, 4) is 0 Å². The smallest absolute Gasteiger partial charge is 0.326 e. The topological polar surface area (TPSA) is 235 Å². The number of halogens is 1. The third-order valence-electron chi connectivity index (χ3n) is 7.77. The van der Waals surface area contributed by atoms with Gasteiger partial charge in [-0.1, -0.05) is 77.0 Å². The van der Waals surface area contributed by atoms with Gasteiger partial charge in [0.2, 0.25) is 17.7 Å². The minimum atomic E-state index is -1.24. The highest BCUT2D eigenvalue weighted by Gasteiger charge is 2.21. The van der Waals surface area contributed by atoms with Gasteiger partial charge >= 0.3 is 17.9 Å². The van der Waals surface area contributed by atoms with Gasteiger partial charge in [-0.3, -0.25) is 24.0 Å². The molecule has 16 heteroatoms. The summed E-state index contributed by atoms with van der Waals surface area (Å²) in [5.74, 6) is -4.53. The van der Waals surface area contributed by atoms with Gasteiger partial charge in [0.1, 0.15) is 18.7 Å². The van der Waals surface area contributed by atoms with E-state index in [1.54, 1.807) is 22.6 Å². The van der Waals surface area contributed by atoms with Gasteiger partial charge in [0.25, 0.3) is 0 Å². The van der Waals surface area contributed by atoms with Gasteiger partial charge in [-0.2, -0.15) is 0 Å².